The average molecular weight is 349 g/mol. The van der Waals surface area contributed by atoms with Crippen molar-refractivity contribution in [2.24, 2.45) is 0 Å². The summed E-state index contributed by atoms with van der Waals surface area (Å²) < 4.78 is 38.4. The van der Waals surface area contributed by atoms with Crippen molar-refractivity contribution in [3.05, 3.63) is 53.6 Å². The average Bonchev–Trinajstić information content (AvgIpc) is 2.59. The molecule has 0 saturated carbocycles. The van der Waals surface area contributed by atoms with Crippen LogP contribution in [0.3, 0.4) is 0 Å². The van der Waals surface area contributed by atoms with Crippen LogP contribution in [0.5, 0.6) is 11.5 Å². The number of hydrogen-bond acceptors (Lipinski definition) is 4. The normalized spacial score (nSPS) is 11.5. The van der Waals surface area contributed by atoms with Crippen molar-refractivity contribution in [2.75, 3.05) is 14.2 Å². The summed E-state index contributed by atoms with van der Waals surface area (Å²) in [7, 11) is -0.672. The minimum atomic E-state index is -3.70. The number of benzene rings is 2. The Labute approximate surface area is 143 Å². The van der Waals surface area contributed by atoms with E-state index < -0.39 is 10.0 Å². The van der Waals surface area contributed by atoms with Crippen molar-refractivity contribution in [2.45, 2.75) is 31.2 Å². The van der Waals surface area contributed by atoms with Gasteiger partial charge in [-0.25, -0.2) is 13.1 Å². The van der Waals surface area contributed by atoms with Crippen LogP contribution in [0, 0.1) is 0 Å². The van der Waals surface area contributed by atoms with Gasteiger partial charge in [-0.3, -0.25) is 0 Å². The van der Waals surface area contributed by atoms with Crippen LogP contribution in [0.4, 0.5) is 0 Å². The van der Waals surface area contributed by atoms with Crippen LogP contribution in [0.25, 0.3) is 0 Å². The Bertz CT molecular complexity index is 800. The van der Waals surface area contributed by atoms with Crippen molar-refractivity contribution in [3.63, 3.8) is 0 Å². The lowest BCUT2D eigenvalue weighted by atomic mass is 10.0. The second-order valence-corrected chi connectivity index (χ2v) is 7.44. The molecule has 2 aromatic rings. The highest BCUT2D eigenvalue weighted by atomic mass is 32.2. The maximum atomic E-state index is 12.6. The number of methoxy groups -OCH3 is 2. The van der Waals surface area contributed by atoms with E-state index in [1.165, 1.54) is 7.11 Å². The SMILES string of the molecule is COc1ccccc1CNS(=O)(=O)c1ccc(C(C)C)cc1OC. The van der Waals surface area contributed by atoms with Gasteiger partial charge in [0.05, 0.1) is 14.2 Å². The van der Waals surface area contributed by atoms with Gasteiger partial charge in [0.2, 0.25) is 10.0 Å². The molecule has 2 rings (SSSR count). The number of ether oxygens (including phenoxy) is 2. The standard InChI is InChI=1S/C18H23NO4S/c1-13(2)14-9-10-18(17(11-14)23-4)24(20,21)19-12-15-7-5-6-8-16(15)22-3/h5-11,13,19H,12H2,1-4H3. The van der Waals surface area contributed by atoms with Crippen LogP contribution in [0.1, 0.15) is 30.9 Å². The molecule has 2 aromatic carbocycles. The lowest BCUT2D eigenvalue weighted by molar-refractivity contribution is 0.401. The van der Waals surface area contributed by atoms with Gasteiger partial charge < -0.3 is 9.47 Å². The Balaban J connectivity index is 2.27. The summed E-state index contributed by atoms with van der Waals surface area (Å²) in [5, 5.41) is 0. The monoisotopic (exact) mass is 349 g/mol. The van der Waals surface area contributed by atoms with Gasteiger partial charge in [0.1, 0.15) is 16.4 Å². The molecule has 0 bridgehead atoms. The van der Waals surface area contributed by atoms with Crippen molar-refractivity contribution in [3.8, 4) is 11.5 Å². The minimum absolute atomic E-state index is 0.129. The highest BCUT2D eigenvalue weighted by molar-refractivity contribution is 7.89. The molecular weight excluding hydrogens is 326 g/mol. The number of para-hydroxylation sites is 1. The predicted octanol–water partition coefficient (Wildman–Crippen LogP) is 3.31. The molecule has 1 N–H and O–H groups in total. The molecule has 0 fully saturated rings. The molecule has 6 heteroatoms. The predicted molar refractivity (Wildman–Crippen MR) is 94.1 cm³/mol. The first kappa shape index (κ1) is 18.3. The number of sulfonamides is 1. The molecule has 5 nitrogen and oxygen atoms in total. The summed E-state index contributed by atoms with van der Waals surface area (Å²) in [5.74, 6) is 1.27. The van der Waals surface area contributed by atoms with Gasteiger partial charge >= 0.3 is 0 Å². The van der Waals surface area contributed by atoms with Crippen molar-refractivity contribution in [1.29, 1.82) is 0 Å². The lowest BCUT2D eigenvalue weighted by Gasteiger charge is -2.14. The van der Waals surface area contributed by atoms with Crippen molar-refractivity contribution in [1.82, 2.24) is 4.72 Å². The Morgan fingerprint density at radius 3 is 2.29 bits per heavy atom. The Hall–Kier alpha value is -2.05. The van der Waals surface area contributed by atoms with E-state index in [9.17, 15) is 8.42 Å². The first-order chi connectivity index (χ1) is 11.4. The molecule has 0 saturated heterocycles. The van der Waals surface area contributed by atoms with Crippen LogP contribution in [0.15, 0.2) is 47.4 Å². The van der Waals surface area contributed by atoms with Crippen LogP contribution >= 0.6 is 0 Å². The van der Waals surface area contributed by atoms with Crippen LogP contribution in [-0.4, -0.2) is 22.6 Å². The number of hydrogen-bond donors (Lipinski definition) is 1. The smallest absolute Gasteiger partial charge is 0.244 e. The van der Waals surface area contributed by atoms with Crippen LogP contribution in [-0.2, 0) is 16.6 Å². The van der Waals surface area contributed by atoms with E-state index in [2.05, 4.69) is 4.72 Å². The molecular formula is C18H23NO4S. The first-order valence-electron chi connectivity index (χ1n) is 7.68. The zero-order valence-corrected chi connectivity index (χ0v) is 15.2. The van der Waals surface area contributed by atoms with E-state index in [0.717, 1.165) is 11.1 Å². The molecule has 0 heterocycles. The van der Waals surface area contributed by atoms with Gasteiger partial charge in [-0.15, -0.1) is 0 Å². The number of rotatable bonds is 7. The van der Waals surface area contributed by atoms with E-state index in [-0.39, 0.29) is 17.4 Å². The topological polar surface area (TPSA) is 64.6 Å². The first-order valence-corrected chi connectivity index (χ1v) is 9.17. The fourth-order valence-electron chi connectivity index (χ4n) is 2.36. The zero-order valence-electron chi connectivity index (χ0n) is 14.4. The molecule has 0 aliphatic carbocycles. The number of nitrogens with one attached hydrogen (secondary N) is 1. The third-order valence-corrected chi connectivity index (χ3v) is 5.23. The Morgan fingerprint density at radius 1 is 1.00 bits per heavy atom. The van der Waals surface area contributed by atoms with Gasteiger partial charge in [-0.1, -0.05) is 38.1 Å². The van der Waals surface area contributed by atoms with E-state index in [1.54, 1.807) is 25.3 Å². The highest BCUT2D eigenvalue weighted by Gasteiger charge is 2.20. The maximum absolute atomic E-state index is 12.6. The van der Waals surface area contributed by atoms with Gasteiger partial charge in [0.25, 0.3) is 0 Å². The second-order valence-electron chi connectivity index (χ2n) is 5.70. The van der Waals surface area contributed by atoms with Crippen molar-refractivity contribution < 1.29 is 17.9 Å². The van der Waals surface area contributed by atoms with Crippen LogP contribution in [0.2, 0.25) is 0 Å². The van der Waals surface area contributed by atoms with Crippen molar-refractivity contribution >= 4 is 10.0 Å². The Kier molecular flexibility index (Phi) is 5.85. The van der Waals surface area contributed by atoms with Crippen LogP contribution < -0.4 is 14.2 Å². The highest BCUT2D eigenvalue weighted by Crippen LogP contribution is 2.28. The molecule has 24 heavy (non-hydrogen) atoms. The summed E-state index contributed by atoms with van der Waals surface area (Å²) in [5.41, 5.74) is 1.79. The van der Waals surface area contributed by atoms with Gasteiger partial charge in [0.15, 0.2) is 0 Å². The fourth-order valence-corrected chi connectivity index (χ4v) is 3.52. The molecule has 0 spiro atoms. The van der Waals surface area contributed by atoms with E-state index in [4.69, 9.17) is 9.47 Å². The summed E-state index contributed by atoms with van der Waals surface area (Å²) in [4.78, 5) is 0.129. The third kappa shape index (κ3) is 4.07. The third-order valence-electron chi connectivity index (χ3n) is 3.79. The van der Waals surface area contributed by atoms with E-state index >= 15 is 0 Å². The Morgan fingerprint density at radius 2 is 1.67 bits per heavy atom. The van der Waals surface area contributed by atoms with E-state index in [1.807, 2.05) is 38.1 Å². The summed E-state index contributed by atoms with van der Waals surface area (Å²) in [6.07, 6.45) is 0. The zero-order chi connectivity index (χ0) is 17.7. The molecule has 130 valence electrons. The minimum Gasteiger partial charge on any atom is -0.496 e. The van der Waals surface area contributed by atoms with E-state index in [0.29, 0.717) is 11.5 Å². The molecule has 0 atom stereocenters. The quantitative estimate of drug-likeness (QED) is 0.833. The van der Waals surface area contributed by atoms with Gasteiger partial charge in [-0.2, -0.15) is 0 Å². The second kappa shape index (κ2) is 7.68. The largest absolute Gasteiger partial charge is 0.496 e. The lowest BCUT2D eigenvalue weighted by Crippen LogP contribution is -2.24. The fraction of sp³-hybridized carbons (Fsp3) is 0.333. The summed E-state index contributed by atoms with van der Waals surface area (Å²) in [6.45, 7) is 4.23. The summed E-state index contributed by atoms with van der Waals surface area (Å²) in [6, 6.07) is 12.4. The molecule has 0 radical (unpaired) electrons. The summed E-state index contributed by atoms with van der Waals surface area (Å²) >= 11 is 0. The molecule has 0 aromatic heterocycles. The molecule has 0 aliphatic rings. The molecule has 0 aliphatic heterocycles. The van der Waals surface area contributed by atoms with Gasteiger partial charge in [-0.05, 0) is 29.7 Å². The maximum Gasteiger partial charge on any atom is 0.244 e. The van der Waals surface area contributed by atoms with Gasteiger partial charge in [0, 0.05) is 12.1 Å². The molecule has 0 amide bonds. The molecule has 0 unspecified atom stereocenters.